The van der Waals surface area contributed by atoms with Gasteiger partial charge in [-0.05, 0) is 111 Å². The van der Waals surface area contributed by atoms with Crippen molar-refractivity contribution < 1.29 is 32.5 Å². The highest BCUT2D eigenvalue weighted by Crippen LogP contribution is 2.47. The summed E-state index contributed by atoms with van der Waals surface area (Å²) in [4.78, 5) is 16.1. The largest absolute Gasteiger partial charge is 0.490 e. The molecular weight excluding hydrogens is 640 g/mol. The predicted octanol–water partition coefficient (Wildman–Crippen LogP) is 5.17. The number of hydrogen-bond acceptors (Lipinski definition) is 8. The van der Waals surface area contributed by atoms with Crippen LogP contribution in [0, 0.1) is 11.8 Å². The average molecular weight is 685 g/mol. The molecular formula is C36H45ClN2O7S. The summed E-state index contributed by atoms with van der Waals surface area (Å²) in [5.74, 6) is 0.285. The van der Waals surface area contributed by atoms with E-state index in [1.165, 1.54) is 18.2 Å². The highest BCUT2D eigenvalue weighted by atomic mass is 35.5. The number of aliphatic hydroxyl groups excluding tert-OH is 1. The fourth-order valence-electron chi connectivity index (χ4n) is 8.54. The maximum absolute atomic E-state index is 13.9. The molecule has 1 spiro atoms. The number of amides is 1. The average Bonchev–Trinajstić information content (AvgIpc) is 3.50. The smallest absolute Gasteiger partial charge is 0.264 e. The number of aryl methyl sites for hydroxylation is 1. The number of sulfonamides is 1. The summed E-state index contributed by atoms with van der Waals surface area (Å²) in [7, 11) is -2.69. The lowest BCUT2D eigenvalue weighted by atomic mass is 9.68. The minimum absolute atomic E-state index is 0.0686. The third kappa shape index (κ3) is 6.56. The van der Waals surface area contributed by atoms with Crippen molar-refractivity contribution in [3.8, 4) is 5.75 Å². The number of benzene rings is 2. The van der Waals surface area contributed by atoms with Gasteiger partial charge >= 0.3 is 0 Å². The number of methoxy groups -OCH3 is 1. The highest BCUT2D eigenvalue weighted by molar-refractivity contribution is 7.90. The van der Waals surface area contributed by atoms with Crippen LogP contribution in [0.25, 0.3) is 0 Å². The molecule has 2 aliphatic carbocycles. The zero-order valence-corrected chi connectivity index (χ0v) is 28.5. The third-order valence-electron chi connectivity index (χ3n) is 11.2. The minimum Gasteiger partial charge on any atom is -0.490 e. The van der Waals surface area contributed by atoms with E-state index in [0.717, 1.165) is 55.7 Å². The van der Waals surface area contributed by atoms with Gasteiger partial charge in [-0.15, -0.1) is 0 Å². The quantitative estimate of drug-likeness (QED) is 0.426. The lowest BCUT2D eigenvalue weighted by Gasteiger charge is -2.45. The molecule has 1 saturated heterocycles. The van der Waals surface area contributed by atoms with Gasteiger partial charge in [0.2, 0.25) is 10.0 Å². The first kappa shape index (κ1) is 32.9. The van der Waals surface area contributed by atoms with Gasteiger partial charge in [0, 0.05) is 42.8 Å². The molecule has 11 heteroatoms. The molecule has 2 bridgehead atoms. The van der Waals surface area contributed by atoms with E-state index in [-0.39, 0.29) is 41.8 Å². The van der Waals surface area contributed by atoms with Crippen LogP contribution in [0.3, 0.4) is 0 Å². The first-order valence-corrected chi connectivity index (χ1v) is 18.9. The van der Waals surface area contributed by atoms with Crippen LogP contribution in [0.2, 0.25) is 5.02 Å². The summed E-state index contributed by atoms with van der Waals surface area (Å²) in [5, 5.41) is 11.0. The molecule has 47 heavy (non-hydrogen) atoms. The number of nitrogens with zero attached hydrogens (tertiary/aromatic N) is 1. The molecule has 5 aliphatic rings. The number of anilines is 1. The number of carbonyl (C=O) groups is 1. The van der Waals surface area contributed by atoms with Crippen molar-refractivity contribution >= 4 is 33.2 Å². The fourth-order valence-corrected chi connectivity index (χ4v) is 10.3. The standard InChI is InChI=1S/C36H45ClN2O7S/c1-44-33-8-2-7-31(40)28-12-9-25(28)20-39-21-36(15-3-5-23-17-26(37)11-13-29(23)36)22-46-32-14-10-24(18-30(32)39)35(41)38-47(42,43)34(33)19-27-6-4-16-45-27/h2,7,10-11,13-14,17-18,25,27-28,31,33-34,40H,3-6,8-9,12,15-16,19-22H2,1H3,(H,38,41)/b7-2+/t25-,27-,28+,31-,33-,34+,36-/m0/s1. The van der Waals surface area contributed by atoms with Gasteiger partial charge in [0.05, 0.1) is 30.6 Å². The number of fused-ring (bicyclic) bond motifs is 4. The fraction of sp³-hybridized carbons (Fsp3) is 0.583. The normalized spacial score (nSPS) is 34.3. The van der Waals surface area contributed by atoms with E-state index in [4.69, 9.17) is 25.8 Å². The SMILES string of the molecule is CO[C@H]1C/C=C/[C@H](O)[C@@H]2CC[C@H]2CN2C[C@@]3(CCCc4cc(Cl)ccc43)COc3ccc(cc32)C(=O)NS(=O)(=O)[C@@H]1C[C@@H]1CCCO1. The van der Waals surface area contributed by atoms with Crippen molar-refractivity contribution in [2.45, 2.75) is 86.8 Å². The van der Waals surface area contributed by atoms with Crippen LogP contribution in [-0.2, 0) is 31.3 Å². The summed E-state index contributed by atoms with van der Waals surface area (Å²) in [6, 6.07) is 11.3. The number of carbonyl (C=O) groups excluding carboxylic acids is 1. The number of nitrogens with one attached hydrogen (secondary N) is 1. The van der Waals surface area contributed by atoms with Crippen molar-refractivity contribution in [3.05, 3.63) is 70.3 Å². The van der Waals surface area contributed by atoms with Gasteiger partial charge < -0.3 is 24.2 Å². The Bertz CT molecular complexity index is 1630. The molecule has 2 N–H and O–H groups in total. The Hall–Kier alpha value is -2.63. The number of hydrogen-bond donors (Lipinski definition) is 2. The predicted molar refractivity (Wildman–Crippen MR) is 181 cm³/mol. The van der Waals surface area contributed by atoms with Gasteiger partial charge in [-0.2, -0.15) is 0 Å². The van der Waals surface area contributed by atoms with Gasteiger partial charge in [0.15, 0.2) is 0 Å². The summed E-state index contributed by atoms with van der Waals surface area (Å²) < 4.78 is 48.4. The monoisotopic (exact) mass is 684 g/mol. The molecule has 2 fully saturated rings. The van der Waals surface area contributed by atoms with Crippen molar-refractivity contribution in [2.75, 3.05) is 38.3 Å². The Balaban J connectivity index is 1.27. The van der Waals surface area contributed by atoms with Crippen LogP contribution in [0.4, 0.5) is 5.69 Å². The molecule has 2 aromatic carbocycles. The lowest BCUT2D eigenvalue weighted by Crippen LogP contribution is -2.49. The van der Waals surface area contributed by atoms with E-state index in [0.29, 0.717) is 32.1 Å². The Morgan fingerprint density at radius 2 is 2.02 bits per heavy atom. The summed E-state index contributed by atoms with van der Waals surface area (Å²) in [6.07, 6.45) is 8.95. The van der Waals surface area contributed by atoms with E-state index in [1.807, 2.05) is 12.1 Å². The number of ether oxygens (including phenoxy) is 3. The van der Waals surface area contributed by atoms with Crippen LogP contribution in [0.5, 0.6) is 5.75 Å². The van der Waals surface area contributed by atoms with Crippen LogP contribution in [-0.4, -0.2) is 76.4 Å². The van der Waals surface area contributed by atoms with E-state index in [9.17, 15) is 18.3 Å². The molecule has 3 aliphatic heterocycles. The lowest BCUT2D eigenvalue weighted by molar-refractivity contribution is 0.0447. The van der Waals surface area contributed by atoms with E-state index < -0.39 is 33.4 Å². The zero-order valence-electron chi connectivity index (χ0n) is 26.9. The Kier molecular flexibility index (Phi) is 9.34. The van der Waals surface area contributed by atoms with E-state index in [2.05, 4.69) is 21.8 Å². The number of aliphatic hydroxyl groups is 1. The molecule has 7 atom stereocenters. The van der Waals surface area contributed by atoms with Crippen molar-refractivity contribution in [3.63, 3.8) is 0 Å². The summed E-state index contributed by atoms with van der Waals surface area (Å²) in [6.45, 7) is 2.43. The molecule has 0 aromatic heterocycles. The molecule has 1 amide bonds. The Morgan fingerprint density at radius 1 is 1.15 bits per heavy atom. The van der Waals surface area contributed by atoms with E-state index >= 15 is 0 Å². The number of halogens is 1. The summed E-state index contributed by atoms with van der Waals surface area (Å²) >= 11 is 6.41. The molecule has 0 radical (unpaired) electrons. The van der Waals surface area contributed by atoms with Crippen molar-refractivity contribution in [1.29, 1.82) is 0 Å². The Labute approximate surface area is 282 Å². The topological polar surface area (TPSA) is 114 Å². The molecule has 9 nitrogen and oxygen atoms in total. The maximum Gasteiger partial charge on any atom is 0.264 e. The van der Waals surface area contributed by atoms with Crippen LogP contribution >= 0.6 is 11.6 Å². The van der Waals surface area contributed by atoms with Crippen LogP contribution in [0.15, 0.2) is 48.6 Å². The van der Waals surface area contributed by atoms with Crippen LogP contribution < -0.4 is 14.4 Å². The second kappa shape index (κ2) is 13.3. The molecule has 7 rings (SSSR count). The molecule has 3 heterocycles. The van der Waals surface area contributed by atoms with Crippen molar-refractivity contribution in [1.82, 2.24) is 4.72 Å². The van der Waals surface area contributed by atoms with Gasteiger partial charge in [0.25, 0.3) is 5.91 Å². The zero-order chi connectivity index (χ0) is 32.8. The van der Waals surface area contributed by atoms with E-state index in [1.54, 1.807) is 24.3 Å². The molecule has 0 unspecified atom stereocenters. The first-order chi connectivity index (χ1) is 22.7. The highest BCUT2D eigenvalue weighted by Gasteiger charge is 2.45. The second-order valence-corrected chi connectivity index (χ2v) is 16.4. The molecule has 2 aromatic rings. The summed E-state index contributed by atoms with van der Waals surface area (Å²) in [5.41, 5.74) is 3.21. The minimum atomic E-state index is -4.18. The van der Waals surface area contributed by atoms with Gasteiger partial charge in [-0.25, -0.2) is 13.1 Å². The molecule has 1 saturated carbocycles. The van der Waals surface area contributed by atoms with Gasteiger partial charge in [-0.1, -0.05) is 29.8 Å². The van der Waals surface area contributed by atoms with Crippen molar-refractivity contribution in [2.24, 2.45) is 11.8 Å². The van der Waals surface area contributed by atoms with Gasteiger partial charge in [0.1, 0.15) is 11.0 Å². The third-order valence-corrected chi connectivity index (χ3v) is 13.2. The van der Waals surface area contributed by atoms with Crippen LogP contribution in [0.1, 0.15) is 72.9 Å². The molecule has 254 valence electrons. The first-order valence-electron chi connectivity index (χ1n) is 17.0. The number of rotatable bonds is 3. The second-order valence-electron chi connectivity index (χ2n) is 14.1. The Morgan fingerprint density at radius 3 is 2.79 bits per heavy atom. The van der Waals surface area contributed by atoms with Gasteiger partial charge in [-0.3, -0.25) is 4.79 Å². The maximum atomic E-state index is 13.9.